The normalized spacial score (nSPS) is 18.8. The standard InChI is InChI=1S/C27H29ClN4O2S/c1-16(2)34-19-11-9-17(10-12-19)24-23-21(13-27(3,4)14-22(23)33)29-25-30-26(31-32(24)25)35-15-18-7-5-6-8-20(18)28/h5-12,16,24H,13-15H2,1-4H3,(H,29,30,31). The monoisotopic (exact) mass is 508 g/mol. The number of anilines is 1. The van der Waals surface area contributed by atoms with E-state index in [9.17, 15) is 4.79 Å². The van der Waals surface area contributed by atoms with Gasteiger partial charge >= 0.3 is 0 Å². The maximum absolute atomic E-state index is 13.4. The predicted octanol–water partition coefficient (Wildman–Crippen LogP) is 6.67. The highest BCUT2D eigenvalue weighted by molar-refractivity contribution is 7.98. The molecule has 0 bridgehead atoms. The summed E-state index contributed by atoms with van der Waals surface area (Å²) < 4.78 is 7.68. The average Bonchev–Trinajstić information content (AvgIpc) is 3.19. The van der Waals surface area contributed by atoms with Gasteiger partial charge in [-0.15, -0.1) is 5.10 Å². The molecule has 6 nitrogen and oxygen atoms in total. The number of carbonyl (C=O) groups excluding carboxylic acids is 1. The Labute approximate surface area is 215 Å². The predicted molar refractivity (Wildman–Crippen MR) is 140 cm³/mol. The van der Waals surface area contributed by atoms with Crippen LogP contribution in [0.5, 0.6) is 5.75 Å². The molecule has 8 heteroatoms. The van der Waals surface area contributed by atoms with Gasteiger partial charge in [-0.2, -0.15) is 4.98 Å². The number of hydrogen-bond acceptors (Lipinski definition) is 6. The SMILES string of the molecule is CC(C)Oc1ccc(C2C3=C(CC(C)(C)CC3=O)Nc3nc(SCc4ccccc4Cl)nn32)cc1. The highest BCUT2D eigenvalue weighted by Crippen LogP contribution is 2.46. The zero-order chi connectivity index (χ0) is 24.7. The Morgan fingerprint density at radius 2 is 1.91 bits per heavy atom. The maximum atomic E-state index is 13.4. The summed E-state index contributed by atoms with van der Waals surface area (Å²) in [5.74, 6) is 2.28. The van der Waals surface area contributed by atoms with E-state index in [1.165, 1.54) is 11.8 Å². The molecule has 1 atom stereocenters. The Balaban J connectivity index is 1.51. The number of aromatic nitrogens is 3. The molecule has 0 amide bonds. The van der Waals surface area contributed by atoms with Crippen molar-refractivity contribution in [3.05, 3.63) is 76.0 Å². The quantitative estimate of drug-likeness (QED) is 0.375. The molecule has 1 aromatic heterocycles. The molecule has 1 aliphatic carbocycles. The van der Waals surface area contributed by atoms with Gasteiger partial charge in [0.1, 0.15) is 11.8 Å². The number of nitrogens with zero attached hydrogens (tertiary/aromatic N) is 3. The molecule has 1 unspecified atom stereocenters. The summed E-state index contributed by atoms with van der Waals surface area (Å²) in [5, 5.41) is 9.64. The number of ether oxygens (including phenoxy) is 1. The molecule has 0 spiro atoms. The Morgan fingerprint density at radius 3 is 2.63 bits per heavy atom. The summed E-state index contributed by atoms with van der Waals surface area (Å²) in [6, 6.07) is 15.4. The number of allylic oxidation sites excluding steroid dienone is 2. The van der Waals surface area contributed by atoms with Gasteiger partial charge in [0.25, 0.3) is 0 Å². The van der Waals surface area contributed by atoms with Crippen LogP contribution in [0.25, 0.3) is 0 Å². The van der Waals surface area contributed by atoms with Crippen LogP contribution in [0.2, 0.25) is 5.02 Å². The first kappa shape index (κ1) is 23.9. The number of halogens is 1. The third kappa shape index (κ3) is 4.98. The number of fused-ring (bicyclic) bond motifs is 1. The lowest BCUT2D eigenvalue weighted by molar-refractivity contribution is -0.118. The van der Waals surface area contributed by atoms with Crippen LogP contribution >= 0.6 is 23.4 Å². The van der Waals surface area contributed by atoms with Crippen molar-refractivity contribution in [3.63, 3.8) is 0 Å². The van der Waals surface area contributed by atoms with Crippen LogP contribution in [0, 0.1) is 5.41 Å². The van der Waals surface area contributed by atoms with E-state index in [2.05, 4.69) is 19.2 Å². The van der Waals surface area contributed by atoms with Crippen molar-refractivity contribution in [1.29, 1.82) is 0 Å². The minimum absolute atomic E-state index is 0.0933. The van der Waals surface area contributed by atoms with Gasteiger partial charge in [0.05, 0.1) is 6.10 Å². The van der Waals surface area contributed by atoms with Gasteiger partial charge in [-0.05, 0) is 55.0 Å². The Kier molecular flexibility index (Phi) is 6.40. The van der Waals surface area contributed by atoms with Crippen molar-refractivity contribution in [2.45, 2.75) is 63.6 Å². The second-order valence-corrected chi connectivity index (χ2v) is 11.5. The summed E-state index contributed by atoms with van der Waals surface area (Å²) >= 11 is 7.87. The molecule has 2 aromatic carbocycles. The number of nitrogens with one attached hydrogen (secondary N) is 1. The van der Waals surface area contributed by atoms with Crippen molar-refractivity contribution in [2.75, 3.05) is 5.32 Å². The van der Waals surface area contributed by atoms with Gasteiger partial charge in [0.2, 0.25) is 11.1 Å². The van der Waals surface area contributed by atoms with Crippen molar-refractivity contribution >= 4 is 35.1 Å². The lowest BCUT2D eigenvalue weighted by Gasteiger charge is -2.38. The van der Waals surface area contributed by atoms with Crippen LogP contribution in [0.4, 0.5) is 5.95 Å². The van der Waals surface area contributed by atoms with Gasteiger partial charge in [-0.3, -0.25) is 4.79 Å². The number of benzene rings is 2. The number of hydrogen-bond donors (Lipinski definition) is 1. The minimum atomic E-state index is -0.333. The first-order valence-electron chi connectivity index (χ1n) is 11.8. The first-order valence-corrected chi connectivity index (χ1v) is 13.2. The van der Waals surface area contributed by atoms with Crippen molar-refractivity contribution in [3.8, 4) is 5.75 Å². The third-order valence-corrected chi connectivity index (χ3v) is 7.45. The summed E-state index contributed by atoms with van der Waals surface area (Å²) in [6.45, 7) is 8.27. The number of rotatable bonds is 6. The molecule has 1 aliphatic heterocycles. The number of Topliss-reactive ketones (excluding diaryl/α,β-unsaturated/α-hetero) is 1. The van der Waals surface area contributed by atoms with Crippen LogP contribution in [0.1, 0.15) is 57.7 Å². The largest absolute Gasteiger partial charge is 0.491 e. The highest BCUT2D eigenvalue weighted by atomic mass is 35.5. The summed E-state index contributed by atoms with van der Waals surface area (Å²) in [4.78, 5) is 18.2. The van der Waals surface area contributed by atoms with E-state index in [0.29, 0.717) is 23.3 Å². The molecule has 35 heavy (non-hydrogen) atoms. The lowest BCUT2D eigenvalue weighted by Crippen LogP contribution is -2.36. The van der Waals surface area contributed by atoms with Crippen LogP contribution in [0.3, 0.4) is 0 Å². The molecule has 0 saturated heterocycles. The summed E-state index contributed by atoms with van der Waals surface area (Å²) in [7, 11) is 0. The van der Waals surface area contributed by atoms with Crippen molar-refractivity contribution < 1.29 is 9.53 Å². The fourth-order valence-corrected chi connectivity index (χ4v) is 5.83. The lowest BCUT2D eigenvalue weighted by atomic mass is 9.73. The molecule has 182 valence electrons. The van der Waals surface area contributed by atoms with E-state index in [1.54, 1.807) is 0 Å². The van der Waals surface area contributed by atoms with Crippen LogP contribution in [-0.2, 0) is 10.5 Å². The molecule has 0 saturated carbocycles. The number of carbonyl (C=O) groups is 1. The molecule has 3 aromatic rings. The molecular weight excluding hydrogens is 480 g/mol. The molecule has 2 aliphatic rings. The molecule has 0 radical (unpaired) electrons. The fraction of sp³-hybridized carbons (Fsp3) is 0.370. The van der Waals surface area contributed by atoms with Crippen LogP contribution in [0.15, 0.2) is 65.0 Å². The molecular formula is C27H29ClN4O2S. The zero-order valence-corrected chi connectivity index (χ0v) is 21.9. The Hall–Kier alpha value is -2.77. The van der Waals surface area contributed by atoms with E-state index < -0.39 is 0 Å². The van der Waals surface area contributed by atoms with E-state index >= 15 is 0 Å². The zero-order valence-electron chi connectivity index (χ0n) is 20.3. The average molecular weight is 509 g/mol. The Bertz CT molecular complexity index is 1300. The number of ketones is 1. The second kappa shape index (κ2) is 9.36. The van der Waals surface area contributed by atoms with Gasteiger partial charge < -0.3 is 10.1 Å². The van der Waals surface area contributed by atoms with E-state index in [1.807, 2.05) is 67.1 Å². The molecule has 2 heterocycles. The fourth-order valence-electron chi connectivity index (χ4n) is 4.72. The summed E-state index contributed by atoms with van der Waals surface area (Å²) in [6.07, 6.45) is 1.39. The van der Waals surface area contributed by atoms with Crippen LogP contribution in [-0.4, -0.2) is 26.7 Å². The maximum Gasteiger partial charge on any atom is 0.227 e. The minimum Gasteiger partial charge on any atom is -0.491 e. The van der Waals surface area contributed by atoms with E-state index in [4.69, 9.17) is 26.4 Å². The third-order valence-electron chi connectivity index (χ3n) is 6.19. The molecule has 1 N–H and O–H groups in total. The van der Waals surface area contributed by atoms with Crippen LogP contribution < -0.4 is 10.1 Å². The number of thioether (sulfide) groups is 1. The second-order valence-electron chi connectivity index (χ2n) is 10.1. The van der Waals surface area contributed by atoms with Gasteiger partial charge in [-0.1, -0.05) is 67.5 Å². The smallest absolute Gasteiger partial charge is 0.227 e. The van der Waals surface area contributed by atoms with E-state index in [0.717, 1.165) is 39.6 Å². The molecule has 0 fully saturated rings. The van der Waals surface area contributed by atoms with Crippen molar-refractivity contribution in [1.82, 2.24) is 14.8 Å². The van der Waals surface area contributed by atoms with Crippen molar-refractivity contribution in [2.24, 2.45) is 5.41 Å². The highest BCUT2D eigenvalue weighted by Gasteiger charge is 2.41. The summed E-state index contributed by atoms with van der Waals surface area (Å²) in [5.41, 5.74) is 3.64. The molecule has 5 rings (SSSR count). The van der Waals surface area contributed by atoms with Gasteiger partial charge in [0, 0.05) is 28.5 Å². The first-order chi connectivity index (χ1) is 16.7. The van der Waals surface area contributed by atoms with Gasteiger partial charge in [-0.25, -0.2) is 4.68 Å². The Morgan fingerprint density at radius 1 is 1.17 bits per heavy atom. The van der Waals surface area contributed by atoms with Gasteiger partial charge in [0.15, 0.2) is 5.78 Å². The topological polar surface area (TPSA) is 69.0 Å². The van der Waals surface area contributed by atoms with E-state index in [-0.39, 0.29) is 23.3 Å².